The molecule has 0 atom stereocenters. The van der Waals surface area contributed by atoms with E-state index in [-0.39, 0.29) is 22.9 Å². The van der Waals surface area contributed by atoms with Gasteiger partial charge in [0.15, 0.2) is 0 Å². The van der Waals surface area contributed by atoms with E-state index in [2.05, 4.69) is 4.98 Å². The number of pyridine rings is 1. The zero-order chi connectivity index (χ0) is 15.6. The summed E-state index contributed by atoms with van der Waals surface area (Å²) in [4.78, 5) is 14.9. The van der Waals surface area contributed by atoms with Gasteiger partial charge in [-0.15, -0.1) is 0 Å². The lowest BCUT2D eigenvalue weighted by atomic mass is 10.2. The van der Waals surface area contributed by atoms with E-state index in [0.29, 0.717) is 0 Å². The minimum atomic E-state index is -4.48. The highest BCUT2D eigenvalue weighted by Gasteiger charge is 2.30. The van der Waals surface area contributed by atoms with Crippen LogP contribution in [0.1, 0.15) is 15.9 Å². The molecule has 0 saturated carbocycles. The van der Waals surface area contributed by atoms with Gasteiger partial charge >= 0.3 is 6.18 Å². The zero-order valence-electron chi connectivity index (χ0n) is 10.5. The summed E-state index contributed by atoms with van der Waals surface area (Å²) in [5.74, 6) is -0.946. The van der Waals surface area contributed by atoms with Gasteiger partial charge in [0.25, 0.3) is 5.91 Å². The Labute approximate surface area is 117 Å². The Morgan fingerprint density at radius 1 is 1.24 bits per heavy atom. The maximum atomic E-state index is 12.6. The van der Waals surface area contributed by atoms with Crippen molar-refractivity contribution in [3.8, 4) is 11.6 Å². The molecule has 1 heterocycles. The first-order valence-corrected chi connectivity index (χ1v) is 5.68. The number of nitrogen functional groups attached to an aromatic ring is 1. The van der Waals surface area contributed by atoms with Gasteiger partial charge in [0.2, 0.25) is 5.88 Å². The molecular weight excluding hydrogens is 287 g/mol. The van der Waals surface area contributed by atoms with Gasteiger partial charge in [-0.25, -0.2) is 4.98 Å². The third-order valence-corrected chi connectivity index (χ3v) is 2.56. The van der Waals surface area contributed by atoms with E-state index < -0.39 is 17.6 Å². The molecule has 1 aromatic heterocycles. The second kappa shape index (κ2) is 5.31. The van der Waals surface area contributed by atoms with Crippen molar-refractivity contribution < 1.29 is 22.7 Å². The predicted octanol–water partition coefficient (Wildman–Crippen LogP) is 2.57. The molecule has 1 aromatic carbocycles. The molecule has 0 fully saturated rings. The number of carbonyl (C=O) groups is 1. The molecule has 5 nitrogen and oxygen atoms in total. The molecule has 0 aliphatic carbocycles. The number of hydrogen-bond acceptors (Lipinski definition) is 4. The van der Waals surface area contributed by atoms with Gasteiger partial charge in [-0.05, 0) is 18.2 Å². The van der Waals surface area contributed by atoms with Crippen LogP contribution in [0.25, 0.3) is 0 Å². The summed E-state index contributed by atoms with van der Waals surface area (Å²) in [7, 11) is 0. The molecule has 0 aliphatic rings. The Balaban J connectivity index is 2.31. The summed E-state index contributed by atoms with van der Waals surface area (Å²) in [6.07, 6.45) is -3.34. The third kappa shape index (κ3) is 3.41. The zero-order valence-corrected chi connectivity index (χ0v) is 10.5. The topological polar surface area (TPSA) is 91.2 Å². The highest BCUT2D eigenvalue weighted by Crippen LogP contribution is 2.32. The number of ether oxygens (including phenoxy) is 1. The third-order valence-electron chi connectivity index (χ3n) is 2.56. The lowest BCUT2D eigenvalue weighted by molar-refractivity contribution is -0.137. The molecule has 4 N–H and O–H groups in total. The fourth-order valence-corrected chi connectivity index (χ4v) is 1.57. The number of rotatable bonds is 3. The minimum absolute atomic E-state index is 0.0213. The number of primary amides is 1. The average Bonchev–Trinajstić information content (AvgIpc) is 2.40. The van der Waals surface area contributed by atoms with E-state index in [1.165, 1.54) is 12.1 Å². The summed E-state index contributed by atoms with van der Waals surface area (Å²) in [6, 6.07) is 5.43. The molecule has 0 aliphatic heterocycles. The molecular formula is C13H10F3N3O2. The number of benzene rings is 1. The Bertz CT molecular complexity index is 687. The molecule has 0 radical (unpaired) electrons. The van der Waals surface area contributed by atoms with Crippen molar-refractivity contribution in [2.45, 2.75) is 6.18 Å². The van der Waals surface area contributed by atoms with Crippen molar-refractivity contribution in [2.24, 2.45) is 5.73 Å². The Kier molecular flexibility index (Phi) is 3.70. The fourth-order valence-electron chi connectivity index (χ4n) is 1.57. The van der Waals surface area contributed by atoms with Crippen LogP contribution >= 0.6 is 0 Å². The smallest absolute Gasteiger partial charge is 0.416 e. The van der Waals surface area contributed by atoms with E-state index >= 15 is 0 Å². The van der Waals surface area contributed by atoms with Crippen LogP contribution in [0.3, 0.4) is 0 Å². The van der Waals surface area contributed by atoms with Crippen molar-refractivity contribution >= 4 is 11.6 Å². The Morgan fingerprint density at radius 2 is 1.95 bits per heavy atom. The highest BCUT2D eigenvalue weighted by molar-refractivity contribution is 5.98. The van der Waals surface area contributed by atoms with E-state index in [9.17, 15) is 18.0 Å². The van der Waals surface area contributed by atoms with Crippen LogP contribution in [0.5, 0.6) is 11.6 Å². The maximum absolute atomic E-state index is 12.6. The first-order chi connectivity index (χ1) is 9.77. The molecule has 0 unspecified atom stereocenters. The number of nitrogens with zero attached hydrogens (tertiary/aromatic N) is 1. The van der Waals surface area contributed by atoms with Gasteiger partial charge in [-0.3, -0.25) is 4.79 Å². The van der Waals surface area contributed by atoms with Gasteiger partial charge < -0.3 is 16.2 Å². The molecule has 0 saturated heterocycles. The number of nitrogens with two attached hydrogens (primary N) is 2. The molecule has 2 rings (SSSR count). The number of amides is 1. The van der Waals surface area contributed by atoms with Gasteiger partial charge in [0.1, 0.15) is 5.75 Å². The number of halogens is 3. The summed E-state index contributed by atoms with van der Waals surface area (Å²) < 4.78 is 42.9. The normalized spacial score (nSPS) is 11.2. The molecule has 0 spiro atoms. The summed E-state index contributed by atoms with van der Waals surface area (Å²) in [5, 5.41) is 0. The maximum Gasteiger partial charge on any atom is 0.416 e. The largest absolute Gasteiger partial charge is 0.439 e. The lowest BCUT2D eigenvalue weighted by Crippen LogP contribution is -2.14. The van der Waals surface area contributed by atoms with Gasteiger partial charge in [-0.1, -0.05) is 6.07 Å². The average molecular weight is 297 g/mol. The fraction of sp³-hybridized carbons (Fsp3) is 0.0769. The monoisotopic (exact) mass is 297 g/mol. The van der Waals surface area contributed by atoms with Crippen LogP contribution in [0.4, 0.5) is 18.9 Å². The lowest BCUT2D eigenvalue weighted by Gasteiger charge is -2.10. The van der Waals surface area contributed by atoms with Gasteiger partial charge in [0.05, 0.1) is 23.0 Å². The van der Waals surface area contributed by atoms with E-state index in [4.69, 9.17) is 16.2 Å². The van der Waals surface area contributed by atoms with Crippen molar-refractivity contribution in [1.29, 1.82) is 0 Å². The Hall–Kier alpha value is -2.77. The standard InChI is InChI=1S/C13H10F3N3O2/c14-13(15,16)7-2-1-3-8(4-7)21-11-5-9(12(18)20)10(17)6-19-11/h1-6H,17H2,(H2,18,20). The predicted molar refractivity (Wildman–Crippen MR) is 68.7 cm³/mol. The molecule has 21 heavy (non-hydrogen) atoms. The summed E-state index contributed by atoms with van der Waals surface area (Å²) in [5.41, 5.74) is 9.78. The van der Waals surface area contributed by atoms with Crippen LogP contribution in [-0.4, -0.2) is 10.9 Å². The van der Waals surface area contributed by atoms with Crippen LogP contribution in [-0.2, 0) is 6.18 Å². The SMILES string of the molecule is NC(=O)c1cc(Oc2cccc(C(F)(F)F)c2)ncc1N. The van der Waals surface area contributed by atoms with Gasteiger partial charge in [-0.2, -0.15) is 13.2 Å². The van der Waals surface area contributed by atoms with Crippen LogP contribution in [0.15, 0.2) is 36.5 Å². The van der Waals surface area contributed by atoms with Crippen LogP contribution < -0.4 is 16.2 Å². The van der Waals surface area contributed by atoms with E-state index in [0.717, 1.165) is 24.4 Å². The van der Waals surface area contributed by atoms with Crippen molar-refractivity contribution in [3.63, 3.8) is 0 Å². The van der Waals surface area contributed by atoms with E-state index in [1.54, 1.807) is 0 Å². The quantitative estimate of drug-likeness (QED) is 0.910. The first kappa shape index (κ1) is 14.6. The molecule has 8 heteroatoms. The second-order valence-electron chi connectivity index (χ2n) is 4.10. The number of alkyl halides is 3. The minimum Gasteiger partial charge on any atom is -0.439 e. The summed E-state index contributed by atoms with van der Waals surface area (Å²) in [6.45, 7) is 0. The number of anilines is 1. The molecule has 0 bridgehead atoms. The summed E-state index contributed by atoms with van der Waals surface area (Å²) >= 11 is 0. The van der Waals surface area contributed by atoms with Gasteiger partial charge in [0, 0.05) is 6.07 Å². The molecule has 1 amide bonds. The van der Waals surface area contributed by atoms with Crippen LogP contribution in [0.2, 0.25) is 0 Å². The Morgan fingerprint density at radius 3 is 2.57 bits per heavy atom. The molecule has 110 valence electrons. The number of hydrogen-bond donors (Lipinski definition) is 2. The van der Waals surface area contributed by atoms with Crippen molar-refractivity contribution in [1.82, 2.24) is 4.98 Å². The second-order valence-corrected chi connectivity index (χ2v) is 4.10. The van der Waals surface area contributed by atoms with Crippen molar-refractivity contribution in [2.75, 3.05) is 5.73 Å². The number of aromatic nitrogens is 1. The van der Waals surface area contributed by atoms with E-state index in [1.807, 2.05) is 0 Å². The highest BCUT2D eigenvalue weighted by atomic mass is 19.4. The van der Waals surface area contributed by atoms with Crippen molar-refractivity contribution in [3.05, 3.63) is 47.7 Å². The first-order valence-electron chi connectivity index (χ1n) is 5.68. The number of carbonyl (C=O) groups excluding carboxylic acids is 1. The molecule has 2 aromatic rings. The van der Waals surface area contributed by atoms with Crippen LogP contribution in [0, 0.1) is 0 Å².